The van der Waals surface area contributed by atoms with Crippen LogP contribution in [0.4, 0.5) is 14.9 Å². The summed E-state index contributed by atoms with van der Waals surface area (Å²) in [7, 11) is 0. The Balaban J connectivity index is 1.26. The normalized spacial score (nSPS) is 20.2. The van der Waals surface area contributed by atoms with Gasteiger partial charge in [-0.15, -0.1) is 0 Å². The Bertz CT molecular complexity index is 848. The number of halogens is 1. The van der Waals surface area contributed by atoms with Gasteiger partial charge >= 0.3 is 6.03 Å². The molecule has 0 aromatic heterocycles. The standard InChI is InChI=1S/C23H26FN3O2/c24-19-6-8-21(9-7-19)27-16-20(15-22(27)28)25-23(29)26-12-10-18(11-13-26)14-17-4-2-1-3-5-17/h1-9,18,20H,10-16H2,(H,25,29)/t20-/m1/s1. The number of benzene rings is 2. The van der Waals surface area contributed by atoms with E-state index in [0.29, 0.717) is 18.2 Å². The molecular formula is C23H26FN3O2. The van der Waals surface area contributed by atoms with Crippen molar-refractivity contribution in [2.24, 2.45) is 5.92 Å². The van der Waals surface area contributed by atoms with Gasteiger partial charge in [0.1, 0.15) is 5.82 Å². The molecule has 0 bridgehead atoms. The molecule has 5 nitrogen and oxygen atoms in total. The van der Waals surface area contributed by atoms with E-state index in [2.05, 4.69) is 29.6 Å². The predicted octanol–water partition coefficient (Wildman–Crippen LogP) is 3.60. The van der Waals surface area contributed by atoms with Crippen LogP contribution in [0.2, 0.25) is 0 Å². The average molecular weight is 395 g/mol. The number of carbonyl (C=O) groups is 2. The summed E-state index contributed by atoms with van der Waals surface area (Å²) in [5.74, 6) is 0.216. The van der Waals surface area contributed by atoms with Gasteiger partial charge in [0, 0.05) is 31.7 Å². The Morgan fingerprint density at radius 2 is 1.72 bits per heavy atom. The number of rotatable bonds is 4. The number of likely N-dealkylation sites (tertiary alicyclic amines) is 1. The molecule has 2 heterocycles. The van der Waals surface area contributed by atoms with Crippen molar-refractivity contribution in [3.8, 4) is 0 Å². The van der Waals surface area contributed by atoms with Crippen molar-refractivity contribution >= 4 is 17.6 Å². The van der Waals surface area contributed by atoms with Crippen LogP contribution >= 0.6 is 0 Å². The minimum atomic E-state index is -0.332. The molecule has 0 radical (unpaired) electrons. The lowest BCUT2D eigenvalue weighted by molar-refractivity contribution is -0.117. The third-order valence-electron chi connectivity index (χ3n) is 5.86. The highest BCUT2D eigenvalue weighted by atomic mass is 19.1. The molecule has 29 heavy (non-hydrogen) atoms. The van der Waals surface area contributed by atoms with Crippen LogP contribution in [0.25, 0.3) is 0 Å². The fraction of sp³-hybridized carbons (Fsp3) is 0.391. The highest BCUT2D eigenvalue weighted by Gasteiger charge is 2.33. The van der Waals surface area contributed by atoms with Crippen molar-refractivity contribution in [3.63, 3.8) is 0 Å². The highest BCUT2D eigenvalue weighted by Crippen LogP contribution is 2.24. The van der Waals surface area contributed by atoms with Crippen molar-refractivity contribution < 1.29 is 14.0 Å². The van der Waals surface area contributed by atoms with E-state index >= 15 is 0 Å². The number of piperidine rings is 1. The van der Waals surface area contributed by atoms with Crippen LogP contribution in [-0.4, -0.2) is 42.5 Å². The van der Waals surface area contributed by atoms with Gasteiger partial charge in [-0.2, -0.15) is 0 Å². The first kappa shape index (κ1) is 19.4. The summed E-state index contributed by atoms with van der Waals surface area (Å²) in [6.07, 6.45) is 3.31. The summed E-state index contributed by atoms with van der Waals surface area (Å²) in [5.41, 5.74) is 2.01. The van der Waals surface area contributed by atoms with Crippen LogP contribution in [0.15, 0.2) is 54.6 Å². The van der Waals surface area contributed by atoms with Gasteiger partial charge in [0.2, 0.25) is 5.91 Å². The molecule has 2 aromatic rings. The molecular weight excluding hydrogens is 369 g/mol. The number of nitrogens with one attached hydrogen (secondary N) is 1. The summed E-state index contributed by atoms with van der Waals surface area (Å²) >= 11 is 0. The number of hydrogen-bond acceptors (Lipinski definition) is 2. The fourth-order valence-corrected chi connectivity index (χ4v) is 4.23. The first-order valence-electron chi connectivity index (χ1n) is 10.2. The lowest BCUT2D eigenvalue weighted by Crippen LogP contribution is -2.48. The van der Waals surface area contributed by atoms with Gasteiger partial charge in [-0.3, -0.25) is 4.79 Å². The van der Waals surface area contributed by atoms with Crippen LogP contribution in [0.3, 0.4) is 0 Å². The molecule has 0 spiro atoms. The maximum atomic E-state index is 13.1. The van der Waals surface area contributed by atoms with E-state index in [-0.39, 0.29) is 30.2 Å². The lowest BCUT2D eigenvalue weighted by Gasteiger charge is -2.33. The Kier molecular flexibility index (Phi) is 5.79. The van der Waals surface area contributed by atoms with E-state index in [1.54, 1.807) is 17.0 Å². The molecule has 2 saturated heterocycles. The van der Waals surface area contributed by atoms with Gasteiger partial charge < -0.3 is 15.1 Å². The number of nitrogens with zero attached hydrogens (tertiary/aromatic N) is 2. The molecule has 1 atom stereocenters. The Hall–Kier alpha value is -2.89. The van der Waals surface area contributed by atoms with Crippen molar-refractivity contribution in [1.29, 1.82) is 0 Å². The highest BCUT2D eigenvalue weighted by molar-refractivity contribution is 5.96. The SMILES string of the molecule is O=C(N[C@@H]1CC(=O)N(c2ccc(F)cc2)C1)N1CCC(Cc2ccccc2)CC1. The van der Waals surface area contributed by atoms with Crippen LogP contribution in [0.5, 0.6) is 0 Å². The molecule has 2 aliphatic rings. The van der Waals surface area contributed by atoms with Gasteiger partial charge in [0.15, 0.2) is 0 Å². The topological polar surface area (TPSA) is 52.7 Å². The van der Waals surface area contributed by atoms with E-state index in [0.717, 1.165) is 32.4 Å². The molecule has 3 amide bonds. The van der Waals surface area contributed by atoms with E-state index in [1.165, 1.54) is 17.7 Å². The quantitative estimate of drug-likeness (QED) is 0.860. The smallest absolute Gasteiger partial charge is 0.317 e. The van der Waals surface area contributed by atoms with Crippen molar-refractivity contribution in [1.82, 2.24) is 10.2 Å². The number of anilines is 1. The van der Waals surface area contributed by atoms with Gasteiger partial charge in [-0.25, -0.2) is 9.18 Å². The summed E-state index contributed by atoms with van der Waals surface area (Å²) in [6, 6.07) is 16.0. The largest absolute Gasteiger partial charge is 0.333 e. The van der Waals surface area contributed by atoms with E-state index in [9.17, 15) is 14.0 Å². The summed E-state index contributed by atoms with van der Waals surface area (Å²) in [4.78, 5) is 28.4. The first-order chi connectivity index (χ1) is 14.1. The molecule has 152 valence electrons. The maximum Gasteiger partial charge on any atom is 0.317 e. The van der Waals surface area contributed by atoms with Gasteiger partial charge in [-0.1, -0.05) is 30.3 Å². The van der Waals surface area contributed by atoms with Gasteiger partial charge in [-0.05, 0) is 55.0 Å². The fourth-order valence-electron chi connectivity index (χ4n) is 4.23. The predicted molar refractivity (Wildman–Crippen MR) is 110 cm³/mol. The zero-order valence-electron chi connectivity index (χ0n) is 16.4. The Morgan fingerprint density at radius 3 is 2.41 bits per heavy atom. The number of carbonyl (C=O) groups excluding carboxylic acids is 2. The first-order valence-corrected chi connectivity index (χ1v) is 10.2. The summed E-state index contributed by atoms with van der Waals surface area (Å²) in [6.45, 7) is 1.90. The molecule has 2 aromatic carbocycles. The molecule has 0 unspecified atom stereocenters. The van der Waals surface area contributed by atoms with E-state index in [1.807, 2.05) is 11.0 Å². The molecule has 1 N–H and O–H groups in total. The van der Waals surface area contributed by atoms with Gasteiger partial charge in [0.05, 0.1) is 6.04 Å². The molecule has 0 aliphatic carbocycles. The average Bonchev–Trinajstić information content (AvgIpc) is 3.10. The van der Waals surface area contributed by atoms with Crippen LogP contribution in [0, 0.1) is 11.7 Å². The number of urea groups is 1. The van der Waals surface area contributed by atoms with E-state index in [4.69, 9.17) is 0 Å². The molecule has 4 rings (SSSR count). The summed E-state index contributed by atoms with van der Waals surface area (Å²) in [5, 5.41) is 3.01. The molecule has 2 aliphatic heterocycles. The molecule has 2 fully saturated rings. The Morgan fingerprint density at radius 1 is 1.03 bits per heavy atom. The minimum absolute atomic E-state index is 0.0523. The lowest BCUT2D eigenvalue weighted by atomic mass is 9.90. The minimum Gasteiger partial charge on any atom is -0.333 e. The second-order valence-electron chi connectivity index (χ2n) is 7.95. The maximum absolute atomic E-state index is 13.1. The van der Waals surface area contributed by atoms with Crippen molar-refractivity contribution in [3.05, 3.63) is 66.0 Å². The van der Waals surface area contributed by atoms with Crippen molar-refractivity contribution in [2.45, 2.75) is 31.7 Å². The van der Waals surface area contributed by atoms with Crippen LogP contribution < -0.4 is 10.2 Å². The van der Waals surface area contributed by atoms with Crippen LogP contribution in [-0.2, 0) is 11.2 Å². The van der Waals surface area contributed by atoms with Gasteiger partial charge in [0.25, 0.3) is 0 Å². The third kappa shape index (κ3) is 4.75. The molecule has 0 saturated carbocycles. The second kappa shape index (κ2) is 8.64. The second-order valence-corrected chi connectivity index (χ2v) is 7.95. The monoisotopic (exact) mass is 395 g/mol. The van der Waals surface area contributed by atoms with Crippen LogP contribution in [0.1, 0.15) is 24.8 Å². The zero-order chi connectivity index (χ0) is 20.2. The summed E-state index contributed by atoms with van der Waals surface area (Å²) < 4.78 is 13.1. The third-order valence-corrected chi connectivity index (χ3v) is 5.86. The van der Waals surface area contributed by atoms with Crippen molar-refractivity contribution in [2.75, 3.05) is 24.5 Å². The molecule has 6 heteroatoms. The number of amides is 3. The number of hydrogen-bond donors (Lipinski definition) is 1. The zero-order valence-corrected chi connectivity index (χ0v) is 16.4. The van der Waals surface area contributed by atoms with E-state index < -0.39 is 0 Å². The Labute approximate surface area is 170 Å².